The molecule has 0 saturated carbocycles. The number of anilines is 2. The fraction of sp³-hybridized carbons (Fsp3) is 0.348. The van der Waals surface area contributed by atoms with Crippen LogP contribution in [0.15, 0.2) is 47.7 Å². The lowest BCUT2D eigenvalue weighted by molar-refractivity contribution is -0.143. The van der Waals surface area contributed by atoms with Gasteiger partial charge in [-0.1, -0.05) is 26.0 Å². The van der Waals surface area contributed by atoms with Crippen molar-refractivity contribution in [3.8, 4) is 5.75 Å². The van der Waals surface area contributed by atoms with Crippen LogP contribution in [-0.2, 0) is 17.1 Å². The molecule has 0 bridgehead atoms. The van der Waals surface area contributed by atoms with Gasteiger partial charge in [0.2, 0.25) is 0 Å². The second kappa shape index (κ2) is 7.43. The second-order valence-corrected chi connectivity index (χ2v) is 9.03. The van der Waals surface area contributed by atoms with Crippen LogP contribution in [0.4, 0.5) is 37.7 Å². The zero-order chi connectivity index (χ0) is 24.3. The molecule has 4 nitrogen and oxygen atoms in total. The number of halogens is 6. The number of nitrogens with one attached hydrogen (secondary N) is 2. The van der Waals surface area contributed by atoms with Crippen molar-refractivity contribution in [2.24, 2.45) is 5.41 Å². The molecule has 2 aliphatic rings. The molecule has 0 spiro atoms. The lowest BCUT2D eigenvalue weighted by atomic mass is 9.73. The maximum Gasteiger partial charge on any atom is 0.416 e. The van der Waals surface area contributed by atoms with E-state index in [0.29, 0.717) is 18.2 Å². The highest BCUT2D eigenvalue weighted by molar-refractivity contribution is 6.01. The van der Waals surface area contributed by atoms with Gasteiger partial charge in [-0.15, -0.1) is 0 Å². The third kappa shape index (κ3) is 4.26. The number of phenolic OH excluding ortho intramolecular Hbond substituents is 1. The average Bonchev–Trinajstić information content (AvgIpc) is 2.83. The largest absolute Gasteiger partial charge is 0.506 e. The maximum atomic E-state index is 13.9. The summed E-state index contributed by atoms with van der Waals surface area (Å²) in [6, 6.07) is 4.37. The number of aromatic hydroxyl groups is 1. The van der Waals surface area contributed by atoms with E-state index in [1.165, 1.54) is 18.2 Å². The summed E-state index contributed by atoms with van der Waals surface area (Å²) < 4.78 is 81.3. The van der Waals surface area contributed by atoms with Gasteiger partial charge in [0.25, 0.3) is 0 Å². The first-order valence-electron chi connectivity index (χ1n) is 10.1. The van der Waals surface area contributed by atoms with Crippen molar-refractivity contribution in [3.05, 3.63) is 64.4 Å². The highest BCUT2D eigenvalue weighted by Crippen LogP contribution is 2.49. The predicted molar refractivity (Wildman–Crippen MR) is 110 cm³/mol. The van der Waals surface area contributed by atoms with Crippen molar-refractivity contribution in [3.63, 3.8) is 0 Å². The van der Waals surface area contributed by atoms with Crippen LogP contribution in [0.25, 0.3) is 0 Å². The van der Waals surface area contributed by atoms with Gasteiger partial charge in [-0.05, 0) is 41.7 Å². The fourth-order valence-electron chi connectivity index (χ4n) is 4.41. The second-order valence-electron chi connectivity index (χ2n) is 9.03. The Hall–Kier alpha value is -3.17. The van der Waals surface area contributed by atoms with Gasteiger partial charge in [0.15, 0.2) is 5.78 Å². The summed E-state index contributed by atoms with van der Waals surface area (Å²) in [6.45, 7) is 3.66. The van der Waals surface area contributed by atoms with Crippen molar-refractivity contribution in [1.82, 2.24) is 0 Å². The SMILES string of the molecule is CC1(C)CC(=O)C2=C(C1)Nc1c(O)cccc1NC2c1ccc(C(F)(F)F)cc1C(F)(F)F. The van der Waals surface area contributed by atoms with Gasteiger partial charge in [-0.25, -0.2) is 0 Å². The molecule has 0 aromatic heterocycles. The highest BCUT2D eigenvalue weighted by atomic mass is 19.4. The topological polar surface area (TPSA) is 61.4 Å². The van der Waals surface area contributed by atoms with Crippen LogP contribution >= 0.6 is 0 Å². The van der Waals surface area contributed by atoms with E-state index in [1.807, 2.05) is 13.8 Å². The van der Waals surface area contributed by atoms with Crippen LogP contribution in [0, 0.1) is 5.41 Å². The van der Waals surface area contributed by atoms with Crippen LogP contribution in [0.1, 0.15) is 49.4 Å². The van der Waals surface area contributed by atoms with E-state index in [0.717, 1.165) is 6.07 Å². The summed E-state index contributed by atoms with van der Waals surface area (Å²) in [5, 5.41) is 16.2. The van der Waals surface area contributed by atoms with E-state index in [4.69, 9.17) is 0 Å². The van der Waals surface area contributed by atoms with Gasteiger partial charge in [-0.3, -0.25) is 4.79 Å². The first-order chi connectivity index (χ1) is 15.2. The normalized spacial score (nSPS) is 20.4. The van der Waals surface area contributed by atoms with Crippen molar-refractivity contribution >= 4 is 17.2 Å². The molecule has 2 aromatic rings. The molecule has 1 aliphatic carbocycles. The Morgan fingerprint density at radius 1 is 1.00 bits per heavy atom. The first-order valence-corrected chi connectivity index (χ1v) is 10.1. The number of hydrogen-bond acceptors (Lipinski definition) is 4. The van der Waals surface area contributed by atoms with Gasteiger partial charge in [0.1, 0.15) is 11.4 Å². The van der Waals surface area contributed by atoms with E-state index in [-0.39, 0.29) is 35.2 Å². The van der Waals surface area contributed by atoms with Crippen LogP contribution < -0.4 is 10.6 Å². The number of benzene rings is 2. The number of carbonyl (C=O) groups excluding carboxylic acids is 1. The minimum Gasteiger partial charge on any atom is -0.506 e. The van der Waals surface area contributed by atoms with Crippen LogP contribution in [0.2, 0.25) is 0 Å². The van der Waals surface area contributed by atoms with Gasteiger partial charge in [-0.2, -0.15) is 26.3 Å². The van der Waals surface area contributed by atoms with Crippen molar-refractivity contribution in [2.75, 3.05) is 10.6 Å². The average molecular weight is 470 g/mol. The lowest BCUT2D eigenvalue weighted by Gasteiger charge is -2.34. The number of fused-ring (bicyclic) bond motifs is 1. The maximum absolute atomic E-state index is 13.9. The lowest BCUT2D eigenvalue weighted by Crippen LogP contribution is -2.32. The Balaban J connectivity index is 1.98. The third-order valence-corrected chi connectivity index (χ3v) is 5.82. The zero-order valence-corrected chi connectivity index (χ0v) is 17.6. The van der Waals surface area contributed by atoms with Crippen molar-refractivity contribution in [1.29, 1.82) is 0 Å². The summed E-state index contributed by atoms with van der Waals surface area (Å²) in [6.07, 6.45) is -9.72. The molecule has 1 aliphatic heterocycles. The smallest absolute Gasteiger partial charge is 0.416 e. The number of alkyl halides is 6. The van der Waals surface area contributed by atoms with Gasteiger partial charge in [0, 0.05) is 17.7 Å². The number of para-hydroxylation sites is 1. The Labute approximate surface area is 185 Å². The van der Waals surface area contributed by atoms with Crippen LogP contribution in [-0.4, -0.2) is 10.9 Å². The molecule has 0 radical (unpaired) electrons. The minimum atomic E-state index is -5.10. The molecule has 4 rings (SSSR count). The van der Waals surface area contributed by atoms with Crippen LogP contribution in [0.3, 0.4) is 0 Å². The molecule has 3 N–H and O–H groups in total. The van der Waals surface area contributed by atoms with E-state index in [2.05, 4.69) is 10.6 Å². The first kappa shape index (κ1) is 23.0. The third-order valence-electron chi connectivity index (χ3n) is 5.82. The molecule has 2 aromatic carbocycles. The minimum absolute atomic E-state index is 0.00943. The van der Waals surface area contributed by atoms with Crippen molar-refractivity contribution < 1.29 is 36.2 Å². The molecule has 1 heterocycles. The zero-order valence-electron chi connectivity index (χ0n) is 17.6. The molecule has 10 heteroatoms. The molecule has 0 fully saturated rings. The highest BCUT2D eigenvalue weighted by Gasteiger charge is 2.44. The summed E-state index contributed by atoms with van der Waals surface area (Å²) in [5.74, 6) is -0.613. The standard InChI is InChI=1S/C23H20F6N2O2/c1-21(2)9-15-18(17(33)10-21)19(30-14-4-3-5-16(32)20(14)31-15)12-7-6-11(22(24,25)26)8-13(12)23(27,28)29/h3-8,19,30-32H,9-10H2,1-2H3. The summed E-state index contributed by atoms with van der Waals surface area (Å²) in [5.41, 5.74) is -3.20. The Morgan fingerprint density at radius 3 is 2.33 bits per heavy atom. The molecule has 33 heavy (non-hydrogen) atoms. The van der Waals surface area contributed by atoms with Gasteiger partial charge >= 0.3 is 12.4 Å². The van der Waals surface area contributed by atoms with E-state index in [1.54, 1.807) is 0 Å². The van der Waals surface area contributed by atoms with E-state index in [9.17, 15) is 36.2 Å². The predicted octanol–water partition coefficient (Wildman–Crippen LogP) is 6.65. The number of Topliss-reactive ketones (excluding diaryl/α,β-unsaturated/α-hetero) is 1. The number of allylic oxidation sites excluding steroid dienone is 1. The molecule has 1 atom stereocenters. The van der Waals surface area contributed by atoms with E-state index >= 15 is 0 Å². The van der Waals surface area contributed by atoms with Crippen LogP contribution in [0.5, 0.6) is 5.75 Å². The van der Waals surface area contributed by atoms with Gasteiger partial charge in [0.05, 0.1) is 22.9 Å². The molecular formula is C23H20F6N2O2. The number of rotatable bonds is 1. The number of hydrogen-bond donors (Lipinski definition) is 3. The summed E-state index contributed by atoms with van der Waals surface area (Å²) >= 11 is 0. The molecule has 0 saturated heterocycles. The molecular weight excluding hydrogens is 450 g/mol. The van der Waals surface area contributed by atoms with Gasteiger partial charge < -0.3 is 15.7 Å². The monoisotopic (exact) mass is 470 g/mol. The fourth-order valence-corrected chi connectivity index (χ4v) is 4.41. The molecule has 176 valence electrons. The summed E-state index contributed by atoms with van der Waals surface area (Å²) in [7, 11) is 0. The summed E-state index contributed by atoms with van der Waals surface area (Å²) in [4.78, 5) is 13.1. The Morgan fingerprint density at radius 2 is 1.70 bits per heavy atom. The van der Waals surface area contributed by atoms with Crippen molar-refractivity contribution in [2.45, 2.75) is 45.1 Å². The van der Waals surface area contributed by atoms with E-state index < -0.39 is 46.3 Å². The Bertz CT molecular complexity index is 1160. The number of carbonyl (C=O) groups is 1. The molecule has 1 unspecified atom stereocenters. The Kier molecular flexibility index (Phi) is 5.18. The number of phenols is 1. The quantitative estimate of drug-likeness (QED) is 0.323. The molecule has 0 amide bonds. The number of ketones is 1.